The first-order valence-electron chi connectivity index (χ1n) is 6.29. The summed E-state index contributed by atoms with van der Waals surface area (Å²) in [7, 11) is 0. The highest BCUT2D eigenvalue weighted by atomic mass is 35.5. The Kier molecular flexibility index (Phi) is 4.90. The maximum absolute atomic E-state index is 11.8. The lowest BCUT2D eigenvalue weighted by molar-refractivity contribution is -0.116. The van der Waals surface area contributed by atoms with Gasteiger partial charge in [0.15, 0.2) is 0 Å². The van der Waals surface area contributed by atoms with Crippen LogP contribution in [-0.4, -0.2) is 22.0 Å². The van der Waals surface area contributed by atoms with Gasteiger partial charge in [0.2, 0.25) is 5.91 Å². The van der Waals surface area contributed by atoms with Crippen molar-refractivity contribution in [3.63, 3.8) is 0 Å². The van der Waals surface area contributed by atoms with Gasteiger partial charge in [0.05, 0.1) is 5.56 Å². The lowest BCUT2D eigenvalue weighted by Crippen LogP contribution is -2.13. The fourth-order valence-corrected chi connectivity index (χ4v) is 1.98. The molecule has 21 heavy (non-hydrogen) atoms. The van der Waals surface area contributed by atoms with E-state index in [1.165, 1.54) is 18.3 Å². The number of aryl methyl sites for hydroxylation is 1. The third-order valence-electron chi connectivity index (χ3n) is 2.86. The molecule has 0 fully saturated rings. The molecule has 1 aromatic heterocycles. The number of hydrogen-bond donors (Lipinski definition) is 2. The first-order valence-corrected chi connectivity index (χ1v) is 6.66. The van der Waals surface area contributed by atoms with Gasteiger partial charge in [-0.05, 0) is 30.2 Å². The first kappa shape index (κ1) is 15.0. The second-order valence-corrected chi connectivity index (χ2v) is 4.78. The quantitative estimate of drug-likeness (QED) is 0.890. The van der Waals surface area contributed by atoms with Crippen molar-refractivity contribution in [3.05, 3.63) is 58.7 Å². The summed E-state index contributed by atoms with van der Waals surface area (Å²) < 4.78 is 0. The minimum Gasteiger partial charge on any atom is -0.478 e. The number of aromatic carboxylic acids is 1. The molecule has 0 radical (unpaired) electrons. The fourth-order valence-electron chi connectivity index (χ4n) is 1.75. The van der Waals surface area contributed by atoms with E-state index in [2.05, 4.69) is 10.3 Å². The first-order chi connectivity index (χ1) is 10.1. The van der Waals surface area contributed by atoms with Crippen molar-refractivity contribution in [2.45, 2.75) is 12.8 Å². The number of carbonyl (C=O) groups excluding carboxylic acids is 1. The van der Waals surface area contributed by atoms with Crippen molar-refractivity contribution in [3.8, 4) is 0 Å². The van der Waals surface area contributed by atoms with Crippen LogP contribution in [0.5, 0.6) is 0 Å². The molecule has 0 unspecified atom stereocenters. The molecular formula is C15H13ClN2O3. The molecule has 0 aliphatic heterocycles. The average molecular weight is 305 g/mol. The number of carbonyl (C=O) groups is 2. The second kappa shape index (κ2) is 6.85. The summed E-state index contributed by atoms with van der Waals surface area (Å²) in [5, 5.41) is 12.0. The normalized spacial score (nSPS) is 10.1. The fraction of sp³-hybridized carbons (Fsp3) is 0.133. The second-order valence-electron chi connectivity index (χ2n) is 4.38. The van der Waals surface area contributed by atoms with Gasteiger partial charge in [-0.3, -0.25) is 4.79 Å². The van der Waals surface area contributed by atoms with Crippen molar-refractivity contribution >= 4 is 29.3 Å². The van der Waals surface area contributed by atoms with Gasteiger partial charge < -0.3 is 10.4 Å². The van der Waals surface area contributed by atoms with Crippen LogP contribution in [0.25, 0.3) is 0 Å². The topological polar surface area (TPSA) is 79.3 Å². The van der Waals surface area contributed by atoms with Crippen LogP contribution >= 0.6 is 11.6 Å². The highest BCUT2D eigenvalue weighted by Crippen LogP contribution is 2.16. The van der Waals surface area contributed by atoms with Crippen molar-refractivity contribution in [1.29, 1.82) is 0 Å². The van der Waals surface area contributed by atoms with Crippen LogP contribution < -0.4 is 5.32 Å². The van der Waals surface area contributed by atoms with Crippen molar-refractivity contribution in [2.24, 2.45) is 0 Å². The maximum Gasteiger partial charge on any atom is 0.337 e. The number of hydrogen-bond acceptors (Lipinski definition) is 3. The summed E-state index contributed by atoms with van der Waals surface area (Å²) >= 11 is 6.02. The predicted molar refractivity (Wildman–Crippen MR) is 79.6 cm³/mol. The number of nitrogens with one attached hydrogen (secondary N) is 1. The monoisotopic (exact) mass is 304 g/mol. The van der Waals surface area contributed by atoms with Gasteiger partial charge in [-0.2, -0.15) is 0 Å². The Bertz CT molecular complexity index is 656. The SMILES string of the molecule is O=C(CCc1ccccc1Cl)Nc1ccc(C(=O)O)cn1. The van der Waals surface area contributed by atoms with E-state index in [0.717, 1.165) is 5.56 Å². The standard InChI is InChI=1S/C15H13ClN2O3/c16-12-4-2-1-3-10(12)6-8-14(19)18-13-7-5-11(9-17-13)15(20)21/h1-5,7,9H,6,8H2,(H,20,21)(H,17,18,19). The van der Waals surface area contributed by atoms with Gasteiger partial charge in [0, 0.05) is 17.6 Å². The lowest BCUT2D eigenvalue weighted by Gasteiger charge is -2.06. The zero-order chi connectivity index (χ0) is 15.2. The van der Waals surface area contributed by atoms with E-state index in [-0.39, 0.29) is 17.9 Å². The zero-order valence-electron chi connectivity index (χ0n) is 11.0. The molecule has 5 nitrogen and oxygen atoms in total. The largest absolute Gasteiger partial charge is 0.478 e. The molecule has 0 spiro atoms. The molecule has 0 aliphatic carbocycles. The molecular weight excluding hydrogens is 292 g/mol. The van der Waals surface area contributed by atoms with Crippen molar-refractivity contribution < 1.29 is 14.7 Å². The highest BCUT2D eigenvalue weighted by Gasteiger charge is 2.07. The zero-order valence-corrected chi connectivity index (χ0v) is 11.8. The van der Waals surface area contributed by atoms with Crippen LogP contribution in [0.2, 0.25) is 5.02 Å². The maximum atomic E-state index is 11.8. The Morgan fingerprint density at radius 3 is 2.57 bits per heavy atom. The van der Waals surface area contributed by atoms with Crippen LogP contribution in [0.4, 0.5) is 5.82 Å². The molecule has 2 N–H and O–H groups in total. The summed E-state index contributed by atoms with van der Waals surface area (Å²) in [5.41, 5.74) is 0.979. The van der Waals surface area contributed by atoms with Crippen LogP contribution in [0.3, 0.4) is 0 Å². The number of benzene rings is 1. The van der Waals surface area contributed by atoms with E-state index >= 15 is 0 Å². The van der Waals surface area contributed by atoms with Gasteiger partial charge in [-0.15, -0.1) is 0 Å². The van der Waals surface area contributed by atoms with E-state index in [9.17, 15) is 9.59 Å². The molecule has 6 heteroatoms. The molecule has 1 amide bonds. The minimum absolute atomic E-state index is 0.0732. The molecule has 0 saturated heterocycles. The number of amides is 1. The molecule has 1 heterocycles. The van der Waals surface area contributed by atoms with Crippen LogP contribution in [0, 0.1) is 0 Å². The molecule has 0 aliphatic rings. The molecule has 0 bridgehead atoms. The van der Waals surface area contributed by atoms with Crippen LogP contribution in [-0.2, 0) is 11.2 Å². The third kappa shape index (κ3) is 4.29. The summed E-state index contributed by atoms with van der Waals surface area (Å²) in [4.78, 5) is 26.4. The van der Waals surface area contributed by atoms with Gasteiger partial charge in [-0.1, -0.05) is 29.8 Å². The Labute approximate surface area is 126 Å². The Morgan fingerprint density at radius 1 is 1.19 bits per heavy atom. The summed E-state index contributed by atoms with van der Waals surface area (Å²) in [6.45, 7) is 0. The predicted octanol–water partition coefficient (Wildman–Crippen LogP) is 3.00. The number of carboxylic acids is 1. The number of aromatic nitrogens is 1. The van der Waals surface area contributed by atoms with E-state index in [1.54, 1.807) is 6.07 Å². The van der Waals surface area contributed by atoms with E-state index in [1.807, 2.05) is 18.2 Å². The number of halogens is 1. The lowest BCUT2D eigenvalue weighted by atomic mass is 10.1. The molecule has 108 valence electrons. The van der Waals surface area contributed by atoms with Crippen LogP contribution in [0.15, 0.2) is 42.6 Å². The van der Waals surface area contributed by atoms with Gasteiger partial charge in [0.1, 0.15) is 5.82 Å². The molecule has 2 rings (SSSR count). The summed E-state index contributed by atoms with van der Waals surface area (Å²) in [6.07, 6.45) is 2.00. The Hall–Kier alpha value is -2.40. The number of anilines is 1. The van der Waals surface area contributed by atoms with E-state index < -0.39 is 5.97 Å². The molecule has 2 aromatic rings. The molecule has 0 atom stereocenters. The Morgan fingerprint density at radius 2 is 1.95 bits per heavy atom. The van der Waals surface area contributed by atoms with Crippen molar-refractivity contribution in [2.75, 3.05) is 5.32 Å². The number of nitrogens with zero attached hydrogens (tertiary/aromatic N) is 1. The number of carboxylic acid groups (broad SMARTS) is 1. The van der Waals surface area contributed by atoms with E-state index in [0.29, 0.717) is 17.3 Å². The van der Waals surface area contributed by atoms with Gasteiger partial charge >= 0.3 is 5.97 Å². The Balaban J connectivity index is 1.90. The number of pyridine rings is 1. The van der Waals surface area contributed by atoms with E-state index in [4.69, 9.17) is 16.7 Å². The molecule has 0 saturated carbocycles. The highest BCUT2D eigenvalue weighted by molar-refractivity contribution is 6.31. The number of rotatable bonds is 5. The summed E-state index contributed by atoms with van der Waals surface area (Å²) in [6, 6.07) is 10.2. The van der Waals surface area contributed by atoms with Crippen molar-refractivity contribution in [1.82, 2.24) is 4.98 Å². The third-order valence-corrected chi connectivity index (χ3v) is 3.23. The average Bonchev–Trinajstić information content (AvgIpc) is 2.47. The van der Waals surface area contributed by atoms with Gasteiger partial charge in [-0.25, -0.2) is 9.78 Å². The van der Waals surface area contributed by atoms with Crippen LogP contribution in [0.1, 0.15) is 22.3 Å². The molecule has 1 aromatic carbocycles. The summed E-state index contributed by atoms with van der Waals surface area (Å²) in [5.74, 6) is -0.936. The minimum atomic E-state index is -1.06. The smallest absolute Gasteiger partial charge is 0.337 e. The van der Waals surface area contributed by atoms with Gasteiger partial charge in [0.25, 0.3) is 0 Å².